The Balaban J connectivity index is 1.70. The fourth-order valence-corrected chi connectivity index (χ4v) is 6.25. The van der Waals surface area contributed by atoms with Crippen molar-refractivity contribution in [2.75, 3.05) is 19.4 Å². The van der Waals surface area contributed by atoms with E-state index in [1.54, 1.807) is 24.3 Å². The fourth-order valence-electron chi connectivity index (χ4n) is 2.33. The number of sulfonamides is 1. The van der Waals surface area contributed by atoms with Crippen molar-refractivity contribution in [3.63, 3.8) is 0 Å². The van der Waals surface area contributed by atoms with E-state index in [-0.39, 0.29) is 15.7 Å². The molecule has 3 aromatic rings. The minimum Gasteiger partial charge on any atom is -0.492 e. The lowest BCUT2D eigenvalue weighted by atomic mass is 10.2. The van der Waals surface area contributed by atoms with Crippen LogP contribution in [0.4, 0.5) is 0 Å². The highest BCUT2D eigenvalue weighted by molar-refractivity contribution is 7.92. The van der Waals surface area contributed by atoms with Crippen molar-refractivity contribution >= 4 is 39.0 Å². The van der Waals surface area contributed by atoms with Crippen LogP contribution in [0, 0.1) is 11.3 Å². The number of hydrogen-bond acceptors (Lipinski definition) is 9. The van der Waals surface area contributed by atoms with Crippen LogP contribution in [-0.2, 0) is 14.6 Å². The predicted molar refractivity (Wildman–Crippen MR) is 111 cm³/mol. The molecule has 2 aromatic heterocycles. The summed E-state index contributed by atoms with van der Waals surface area (Å²) in [6.07, 6.45) is 0.265. The number of nitrogens with two attached hydrogens (primary N) is 1. The van der Waals surface area contributed by atoms with Crippen molar-refractivity contribution in [2.24, 2.45) is 5.73 Å². The highest BCUT2D eigenvalue weighted by Gasteiger charge is 2.26. The van der Waals surface area contributed by atoms with Gasteiger partial charge in [0.05, 0.1) is 6.20 Å². The highest BCUT2D eigenvalue weighted by Crippen LogP contribution is 2.41. The SMILES string of the molecule is N#Cc1ccc(OP(=O)(O)CNS(=O)(=O)c2cc3cc(OCCN)ccc3s2)cn1. The normalized spacial score (nSPS) is 13.5. The molecular weight excluding hydrogens is 451 g/mol. The van der Waals surface area contributed by atoms with E-state index in [9.17, 15) is 17.9 Å². The zero-order valence-corrected chi connectivity index (χ0v) is 17.9. The molecule has 0 aliphatic heterocycles. The van der Waals surface area contributed by atoms with E-state index in [0.717, 1.165) is 17.5 Å². The summed E-state index contributed by atoms with van der Waals surface area (Å²) in [6, 6.07) is 11.0. The van der Waals surface area contributed by atoms with Gasteiger partial charge in [-0.3, -0.25) is 0 Å². The molecule has 158 valence electrons. The third kappa shape index (κ3) is 5.54. The molecule has 1 aromatic carbocycles. The molecule has 0 spiro atoms. The molecule has 0 saturated heterocycles. The molecule has 0 amide bonds. The molecular formula is C17H17N4O6PS2. The van der Waals surface area contributed by atoms with E-state index in [2.05, 4.69) is 9.71 Å². The molecule has 4 N–H and O–H groups in total. The lowest BCUT2D eigenvalue weighted by Gasteiger charge is -2.13. The van der Waals surface area contributed by atoms with E-state index in [1.165, 1.54) is 18.2 Å². The quantitative estimate of drug-likeness (QED) is 0.398. The summed E-state index contributed by atoms with van der Waals surface area (Å²) in [6.45, 7) is 0.690. The summed E-state index contributed by atoms with van der Waals surface area (Å²) in [5.41, 5.74) is 5.51. The maximum atomic E-state index is 12.6. The molecule has 3 rings (SSSR count). The van der Waals surface area contributed by atoms with Crippen LogP contribution in [0.1, 0.15) is 5.69 Å². The van der Waals surface area contributed by atoms with E-state index >= 15 is 0 Å². The zero-order valence-electron chi connectivity index (χ0n) is 15.4. The van der Waals surface area contributed by atoms with Gasteiger partial charge in [-0.05, 0) is 41.8 Å². The Bertz CT molecular complexity index is 1240. The van der Waals surface area contributed by atoms with Gasteiger partial charge in [-0.25, -0.2) is 18.0 Å². The molecule has 2 heterocycles. The van der Waals surface area contributed by atoms with Crippen molar-refractivity contribution in [2.45, 2.75) is 4.21 Å². The van der Waals surface area contributed by atoms with Crippen LogP contribution in [0.2, 0.25) is 0 Å². The first kappa shape index (κ1) is 22.2. The number of thiophene rings is 1. The van der Waals surface area contributed by atoms with Gasteiger partial charge in [0, 0.05) is 11.2 Å². The van der Waals surface area contributed by atoms with E-state index < -0.39 is 23.9 Å². The molecule has 0 aliphatic carbocycles. The standard InChI is InChI=1S/C17H17N4O6PS2/c18-5-6-26-14-3-4-16-12(7-14)8-17(29-16)30(24,25)21-11-28(22,23)27-15-2-1-13(9-19)20-10-15/h1-4,7-8,10,21H,5-6,11,18H2,(H,22,23). The van der Waals surface area contributed by atoms with E-state index in [1.807, 2.05) is 0 Å². The number of fused-ring (bicyclic) bond motifs is 1. The van der Waals surface area contributed by atoms with Crippen LogP contribution in [0.5, 0.6) is 11.5 Å². The first-order valence-corrected chi connectivity index (χ1v) is 12.5. The maximum Gasteiger partial charge on any atom is 0.391 e. The van der Waals surface area contributed by atoms with Gasteiger partial charge in [0.25, 0.3) is 10.0 Å². The number of rotatable bonds is 9. The smallest absolute Gasteiger partial charge is 0.391 e. The fraction of sp³-hybridized carbons (Fsp3) is 0.176. The van der Waals surface area contributed by atoms with Gasteiger partial charge in [-0.15, -0.1) is 11.3 Å². The Morgan fingerprint density at radius 2 is 2.03 bits per heavy atom. The Hall–Kier alpha value is -2.52. The number of pyridine rings is 1. The number of hydrogen-bond donors (Lipinski definition) is 3. The molecule has 1 atom stereocenters. The van der Waals surface area contributed by atoms with E-state index in [4.69, 9.17) is 20.3 Å². The van der Waals surface area contributed by atoms with Gasteiger partial charge in [-0.1, -0.05) is 0 Å². The van der Waals surface area contributed by atoms with Crippen molar-refractivity contribution < 1.29 is 27.1 Å². The maximum absolute atomic E-state index is 12.6. The minimum atomic E-state index is -4.35. The lowest BCUT2D eigenvalue weighted by molar-refractivity contribution is 0.329. The largest absolute Gasteiger partial charge is 0.492 e. The summed E-state index contributed by atoms with van der Waals surface area (Å²) < 4.78 is 50.5. The van der Waals surface area contributed by atoms with Crippen molar-refractivity contribution in [1.82, 2.24) is 9.71 Å². The second kappa shape index (κ2) is 9.09. The van der Waals surface area contributed by atoms with Crippen LogP contribution in [0.25, 0.3) is 10.1 Å². The van der Waals surface area contributed by atoms with Crippen LogP contribution < -0.4 is 19.7 Å². The third-order valence-electron chi connectivity index (χ3n) is 3.67. The molecule has 0 bridgehead atoms. The van der Waals surface area contributed by atoms with Crippen LogP contribution in [0.3, 0.4) is 0 Å². The Kier molecular flexibility index (Phi) is 6.72. The summed E-state index contributed by atoms with van der Waals surface area (Å²) in [7, 11) is -8.40. The van der Waals surface area contributed by atoms with Gasteiger partial charge >= 0.3 is 7.60 Å². The first-order chi connectivity index (χ1) is 14.2. The third-order valence-corrected chi connectivity index (χ3v) is 7.93. The molecule has 10 nitrogen and oxygen atoms in total. The van der Waals surface area contributed by atoms with E-state index in [0.29, 0.717) is 29.0 Å². The topological polar surface area (TPSA) is 165 Å². The number of nitrogens with zero attached hydrogens (tertiary/aromatic N) is 2. The van der Waals surface area contributed by atoms with Crippen LogP contribution in [-0.4, -0.2) is 37.7 Å². The molecule has 30 heavy (non-hydrogen) atoms. The molecule has 0 aliphatic rings. The molecule has 13 heteroatoms. The van der Waals surface area contributed by atoms with Crippen molar-refractivity contribution in [1.29, 1.82) is 5.26 Å². The zero-order chi connectivity index (χ0) is 21.8. The van der Waals surface area contributed by atoms with Crippen LogP contribution in [0.15, 0.2) is 46.8 Å². The van der Waals surface area contributed by atoms with Crippen molar-refractivity contribution in [3.8, 4) is 17.6 Å². The van der Waals surface area contributed by atoms with Crippen molar-refractivity contribution in [3.05, 3.63) is 48.3 Å². The highest BCUT2D eigenvalue weighted by atomic mass is 32.2. The number of nitrogens with one attached hydrogen (secondary N) is 1. The van der Waals surface area contributed by atoms with Crippen LogP contribution >= 0.6 is 18.9 Å². The average molecular weight is 468 g/mol. The Labute approximate surface area is 176 Å². The molecule has 0 saturated carbocycles. The average Bonchev–Trinajstić information content (AvgIpc) is 3.16. The summed E-state index contributed by atoms with van der Waals surface area (Å²) >= 11 is 1.01. The predicted octanol–water partition coefficient (Wildman–Crippen LogP) is 2.01. The minimum absolute atomic E-state index is 0.0199. The summed E-state index contributed by atoms with van der Waals surface area (Å²) in [5.74, 6) is 0.498. The second-order valence-corrected chi connectivity index (χ2v) is 10.8. The monoisotopic (exact) mass is 468 g/mol. The lowest BCUT2D eigenvalue weighted by Crippen LogP contribution is -2.25. The number of aromatic nitrogens is 1. The van der Waals surface area contributed by atoms with Gasteiger partial charge < -0.3 is 19.9 Å². The molecule has 0 fully saturated rings. The summed E-state index contributed by atoms with van der Waals surface area (Å²) in [5, 5.41) is 9.36. The van der Waals surface area contributed by atoms with Gasteiger partial charge in [0.2, 0.25) is 0 Å². The van der Waals surface area contributed by atoms with Gasteiger partial charge in [-0.2, -0.15) is 9.98 Å². The summed E-state index contributed by atoms with van der Waals surface area (Å²) in [4.78, 5) is 13.7. The van der Waals surface area contributed by atoms with Gasteiger partial charge in [0.1, 0.15) is 40.4 Å². The Morgan fingerprint density at radius 1 is 1.27 bits per heavy atom. The molecule has 1 unspecified atom stereocenters. The number of nitriles is 1. The second-order valence-electron chi connectivity index (χ2n) is 5.93. The van der Waals surface area contributed by atoms with Gasteiger partial charge in [0.15, 0.2) is 0 Å². The first-order valence-electron chi connectivity index (χ1n) is 8.46. The number of ether oxygens (including phenoxy) is 1. The number of benzene rings is 1. The Morgan fingerprint density at radius 3 is 2.70 bits per heavy atom. The molecule has 0 radical (unpaired) electrons.